The van der Waals surface area contributed by atoms with Gasteiger partial charge in [0.2, 0.25) is 0 Å². The lowest BCUT2D eigenvalue weighted by Crippen LogP contribution is -2.48. The third-order valence-corrected chi connectivity index (χ3v) is 4.92. The van der Waals surface area contributed by atoms with Crippen LogP contribution < -0.4 is 0 Å². The van der Waals surface area contributed by atoms with Crippen molar-refractivity contribution in [2.24, 2.45) is 0 Å². The van der Waals surface area contributed by atoms with E-state index in [1.807, 2.05) is 18.2 Å². The van der Waals surface area contributed by atoms with Gasteiger partial charge in [-0.25, -0.2) is 4.39 Å². The second kappa shape index (κ2) is 8.74. The number of nitrogens with zero attached hydrogens (tertiary/aromatic N) is 6. The highest BCUT2D eigenvalue weighted by atomic mass is 19.1. The normalized spacial score (nSPS) is 15.1. The number of hydrogen-bond acceptors (Lipinski definition) is 5. The molecule has 1 fully saturated rings. The standard InChI is InChI=1S/C21H21FN6O/c22-18-8-9-20(28-16-23-24-25-28)19(15-18)21(29)27-13-11-26(12-14-27)10-4-7-17-5-2-1-3-6-17/h1-9,15-16H,10-14H2/b7-4+. The number of aromatic nitrogens is 4. The molecule has 0 atom stereocenters. The van der Waals surface area contributed by atoms with Crippen molar-refractivity contribution in [3.05, 3.63) is 77.9 Å². The Bertz CT molecular complexity index is 982. The van der Waals surface area contributed by atoms with E-state index in [0.29, 0.717) is 18.8 Å². The average Bonchev–Trinajstić information content (AvgIpc) is 3.29. The zero-order valence-electron chi connectivity index (χ0n) is 15.9. The predicted molar refractivity (Wildman–Crippen MR) is 107 cm³/mol. The molecule has 1 saturated heterocycles. The van der Waals surface area contributed by atoms with Crippen molar-refractivity contribution < 1.29 is 9.18 Å². The van der Waals surface area contributed by atoms with Gasteiger partial charge in [-0.2, -0.15) is 4.68 Å². The van der Waals surface area contributed by atoms with E-state index in [1.165, 1.54) is 34.8 Å². The van der Waals surface area contributed by atoms with E-state index in [9.17, 15) is 9.18 Å². The number of carbonyl (C=O) groups excluding carboxylic acids is 1. The molecule has 8 heteroatoms. The maximum absolute atomic E-state index is 13.8. The Morgan fingerprint density at radius 2 is 1.86 bits per heavy atom. The topological polar surface area (TPSA) is 67.2 Å². The molecular weight excluding hydrogens is 371 g/mol. The Labute approximate surface area is 168 Å². The van der Waals surface area contributed by atoms with Gasteiger partial charge in [0.25, 0.3) is 5.91 Å². The highest BCUT2D eigenvalue weighted by molar-refractivity contribution is 5.97. The Kier molecular flexibility index (Phi) is 5.71. The van der Waals surface area contributed by atoms with Crippen molar-refractivity contribution in [3.8, 4) is 5.69 Å². The van der Waals surface area contributed by atoms with Crippen molar-refractivity contribution in [1.29, 1.82) is 0 Å². The Morgan fingerprint density at radius 1 is 1.07 bits per heavy atom. The lowest BCUT2D eigenvalue weighted by atomic mass is 10.1. The van der Waals surface area contributed by atoms with Crippen LogP contribution in [0.4, 0.5) is 4.39 Å². The van der Waals surface area contributed by atoms with Gasteiger partial charge < -0.3 is 4.90 Å². The van der Waals surface area contributed by atoms with Crippen LogP contribution in [0.2, 0.25) is 0 Å². The van der Waals surface area contributed by atoms with E-state index >= 15 is 0 Å². The number of tetrazole rings is 1. The maximum Gasteiger partial charge on any atom is 0.256 e. The van der Waals surface area contributed by atoms with Crippen molar-refractivity contribution in [3.63, 3.8) is 0 Å². The number of benzene rings is 2. The van der Waals surface area contributed by atoms with Gasteiger partial charge in [0.1, 0.15) is 12.1 Å². The van der Waals surface area contributed by atoms with E-state index in [-0.39, 0.29) is 11.5 Å². The number of halogens is 1. The van der Waals surface area contributed by atoms with Gasteiger partial charge in [0, 0.05) is 32.7 Å². The first kappa shape index (κ1) is 18.9. The van der Waals surface area contributed by atoms with Crippen LogP contribution in [0, 0.1) is 5.82 Å². The second-order valence-corrected chi connectivity index (χ2v) is 6.82. The van der Waals surface area contributed by atoms with Crippen molar-refractivity contribution in [1.82, 2.24) is 30.0 Å². The molecule has 0 aliphatic carbocycles. The molecule has 1 aliphatic rings. The molecule has 0 saturated carbocycles. The van der Waals surface area contributed by atoms with Crippen LogP contribution in [0.15, 0.2) is 60.9 Å². The zero-order chi connectivity index (χ0) is 20.1. The second-order valence-electron chi connectivity index (χ2n) is 6.82. The first-order valence-corrected chi connectivity index (χ1v) is 9.47. The summed E-state index contributed by atoms with van der Waals surface area (Å²) in [4.78, 5) is 17.1. The third-order valence-electron chi connectivity index (χ3n) is 4.92. The molecule has 2 heterocycles. The molecule has 3 aromatic rings. The minimum absolute atomic E-state index is 0.213. The third kappa shape index (κ3) is 4.55. The number of carbonyl (C=O) groups is 1. The molecule has 7 nitrogen and oxygen atoms in total. The number of hydrogen-bond donors (Lipinski definition) is 0. The molecule has 29 heavy (non-hydrogen) atoms. The fourth-order valence-corrected chi connectivity index (χ4v) is 3.36. The molecule has 0 spiro atoms. The highest BCUT2D eigenvalue weighted by Gasteiger charge is 2.24. The zero-order valence-corrected chi connectivity index (χ0v) is 15.9. The summed E-state index contributed by atoms with van der Waals surface area (Å²) >= 11 is 0. The largest absolute Gasteiger partial charge is 0.336 e. The van der Waals surface area contributed by atoms with Crippen LogP contribution in [0.1, 0.15) is 15.9 Å². The minimum Gasteiger partial charge on any atom is -0.336 e. The van der Waals surface area contributed by atoms with Gasteiger partial charge in [-0.15, -0.1) is 5.10 Å². The lowest BCUT2D eigenvalue weighted by Gasteiger charge is -2.34. The summed E-state index contributed by atoms with van der Waals surface area (Å²) in [5.41, 5.74) is 1.90. The highest BCUT2D eigenvalue weighted by Crippen LogP contribution is 2.18. The van der Waals surface area contributed by atoms with Gasteiger partial charge >= 0.3 is 0 Å². The minimum atomic E-state index is -0.463. The Hall–Kier alpha value is -3.39. The van der Waals surface area contributed by atoms with Gasteiger partial charge in [0.05, 0.1) is 11.3 Å². The molecule has 0 radical (unpaired) electrons. The van der Waals surface area contributed by atoms with Crippen molar-refractivity contribution in [2.75, 3.05) is 32.7 Å². The monoisotopic (exact) mass is 392 g/mol. The molecule has 1 amide bonds. The van der Waals surface area contributed by atoms with E-state index in [1.54, 1.807) is 4.90 Å². The van der Waals surface area contributed by atoms with Crippen LogP contribution >= 0.6 is 0 Å². The first-order chi connectivity index (χ1) is 14.2. The number of amides is 1. The quantitative estimate of drug-likeness (QED) is 0.666. The van der Waals surface area contributed by atoms with Crippen LogP contribution in [0.25, 0.3) is 11.8 Å². The number of piperazine rings is 1. The van der Waals surface area contributed by atoms with E-state index < -0.39 is 5.82 Å². The SMILES string of the molecule is O=C(c1cc(F)ccc1-n1cnnn1)N1CCN(C/C=C/c2ccccc2)CC1. The number of rotatable bonds is 5. The van der Waals surface area contributed by atoms with Crippen LogP contribution in [-0.4, -0.2) is 68.6 Å². The summed E-state index contributed by atoms with van der Waals surface area (Å²) < 4.78 is 15.2. The molecule has 1 aliphatic heterocycles. The van der Waals surface area contributed by atoms with Crippen molar-refractivity contribution in [2.45, 2.75) is 0 Å². The fourth-order valence-electron chi connectivity index (χ4n) is 3.36. The molecular formula is C21H21FN6O. The summed E-state index contributed by atoms with van der Waals surface area (Å²) in [5.74, 6) is -0.677. The Morgan fingerprint density at radius 3 is 2.59 bits per heavy atom. The van der Waals surface area contributed by atoms with Gasteiger partial charge in [-0.3, -0.25) is 9.69 Å². The first-order valence-electron chi connectivity index (χ1n) is 9.47. The van der Waals surface area contributed by atoms with Crippen molar-refractivity contribution >= 4 is 12.0 Å². The molecule has 0 N–H and O–H groups in total. The molecule has 148 valence electrons. The average molecular weight is 392 g/mol. The van der Waals surface area contributed by atoms with E-state index in [2.05, 4.69) is 44.7 Å². The molecule has 4 rings (SSSR count). The maximum atomic E-state index is 13.8. The summed E-state index contributed by atoms with van der Waals surface area (Å²) in [7, 11) is 0. The van der Waals surface area contributed by atoms with Gasteiger partial charge in [0.15, 0.2) is 0 Å². The van der Waals surface area contributed by atoms with Gasteiger partial charge in [-0.05, 0) is 34.2 Å². The van der Waals surface area contributed by atoms with E-state index in [0.717, 1.165) is 19.6 Å². The molecule has 1 aromatic heterocycles. The lowest BCUT2D eigenvalue weighted by molar-refractivity contribution is 0.0649. The predicted octanol–water partition coefficient (Wildman–Crippen LogP) is 2.27. The smallest absolute Gasteiger partial charge is 0.256 e. The summed E-state index contributed by atoms with van der Waals surface area (Å²) in [6.07, 6.45) is 5.62. The van der Waals surface area contributed by atoms with Crippen LogP contribution in [0.5, 0.6) is 0 Å². The fraction of sp³-hybridized carbons (Fsp3) is 0.238. The van der Waals surface area contributed by atoms with Crippen LogP contribution in [-0.2, 0) is 0 Å². The van der Waals surface area contributed by atoms with Crippen LogP contribution in [0.3, 0.4) is 0 Å². The molecule has 0 unspecified atom stereocenters. The summed E-state index contributed by atoms with van der Waals surface area (Å²) in [6, 6.07) is 14.2. The van der Waals surface area contributed by atoms with E-state index in [4.69, 9.17) is 0 Å². The van der Waals surface area contributed by atoms with Gasteiger partial charge in [-0.1, -0.05) is 42.5 Å². The Balaban J connectivity index is 1.38. The molecule has 0 bridgehead atoms. The summed E-state index contributed by atoms with van der Waals surface area (Å²) in [6.45, 7) is 3.53. The summed E-state index contributed by atoms with van der Waals surface area (Å²) in [5, 5.41) is 11.0. The molecule has 2 aromatic carbocycles.